The summed E-state index contributed by atoms with van der Waals surface area (Å²) in [5.41, 5.74) is 3.96. The zero-order valence-corrected chi connectivity index (χ0v) is 14.8. The van der Waals surface area contributed by atoms with E-state index in [2.05, 4.69) is 54.1 Å². The van der Waals surface area contributed by atoms with Crippen molar-refractivity contribution < 1.29 is 4.74 Å². The van der Waals surface area contributed by atoms with Gasteiger partial charge in [-0.1, -0.05) is 0 Å². The van der Waals surface area contributed by atoms with Gasteiger partial charge in [0.05, 0.1) is 0 Å². The molecule has 3 rings (SSSR count). The number of hydrogen-bond donors (Lipinski definition) is 1. The summed E-state index contributed by atoms with van der Waals surface area (Å²) in [4.78, 5) is 5.09. The second-order valence-electron chi connectivity index (χ2n) is 7.20. The van der Waals surface area contributed by atoms with Crippen LogP contribution in [0.25, 0.3) is 0 Å². The van der Waals surface area contributed by atoms with Gasteiger partial charge in [0.2, 0.25) is 0 Å². The van der Waals surface area contributed by atoms with Crippen LogP contribution in [0.2, 0.25) is 0 Å². The lowest BCUT2D eigenvalue weighted by Crippen LogP contribution is -2.48. The Labute approximate surface area is 140 Å². The molecule has 2 aliphatic heterocycles. The van der Waals surface area contributed by atoms with Gasteiger partial charge in [-0.15, -0.1) is 0 Å². The number of benzene rings is 1. The topological polar surface area (TPSA) is 27.7 Å². The molecule has 2 fully saturated rings. The number of rotatable bonds is 4. The highest BCUT2D eigenvalue weighted by molar-refractivity contribution is 5.61. The van der Waals surface area contributed by atoms with Crippen molar-refractivity contribution in [3.63, 3.8) is 0 Å². The molecule has 2 heterocycles. The van der Waals surface area contributed by atoms with Crippen LogP contribution in [0.3, 0.4) is 0 Å². The first-order chi connectivity index (χ1) is 11.1. The van der Waals surface area contributed by atoms with Crippen molar-refractivity contribution >= 4 is 11.4 Å². The lowest BCUT2D eigenvalue weighted by molar-refractivity contribution is 0.0904. The molecule has 128 valence electrons. The average molecular weight is 317 g/mol. The number of ether oxygens (including phenoxy) is 1. The van der Waals surface area contributed by atoms with Crippen molar-refractivity contribution in [1.29, 1.82) is 0 Å². The SMILES string of the molecule is Cc1cc(NC2CCOCC2)cc(N2CCN(C(C)C)CC2)c1. The minimum atomic E-state index is 0.552. The number of nitrogens with zero attached hydrogens (tertiary/aromatic N) is 2. The number of piperazine rings is 1. The van der Waals surface area contributed by atoms with Gasteiger partial charge in [-0.2, -0.15) is 0 Å². The van der Waals surface area contributed by atoms with Crippen LogP contribution in [0.1, 0.15) is 32.3 Å². The van der Waals surface area contributed by atoms with E-state index in [4.69, 9.17) is 4.74 Å². The zero-order chi connectivity index (χ0) is 16.2. The third-order valence-electron chi connectivity index (χ3n) is 5.06. The quantitative estimate of drug-likeness (QED) is 0.923. The smallest absolute Gasteiger partial charge is 0.0485 e. The lowest BCUT2D eigenvalue weighted by atomic mass is 10.1. The van der Waals surface area contributed by atoms with E-state index in [1.54, 1.807) is 0 Å². The van der Waals surface area contributed by atoms with E-state index in [0.717, 1.165) is 52.2 Å². The molecule has 1 N–H and O–H groups in total. The molecule has 0 radical (unpaired) electrons. The van der Waals surface area contributed by atoms with Gasteiger partial charge in [-0.05, 0) is 57.4 Å². The molecule has 4 heteroatoms. The number of nitrogens with one attached hydrogen (secondary N) is 1. The van der Waals surface area contributed by atoms with E-state index in [0.29, 0.717) is 12.1 Å². The van der Waals surface area contributed by atoms with Crippen LogP contribution < -0.4 is 10.2 Å². The van der Waals surface area contributed by atoms with Gasteiger partial charge in [-0.3, -0.25) is 4.90 Å². The minimum Gasteiger partial charge on any atom is -0.382 e. The van der Waals surface area contributed by atoms with Crippen molar-refractivity contribution in [1.82, 2.24) is 4.90 Å². The Balaban J connectivity index is 1.65. The molecule has 0 amide bonds. The van der Waals surface area contributed by atoms with Crippen LogP contribution in [0.4, 0.5) is 11.4 Å². The molecule has 1 aromatic carbocycles. The normalized spacial score (nSPS) is 21.0. The molecule has 0 aromatic heterocycles. The van der Waals surface area contributed by atoms with Crippen molar-refractivity contribution in [2.24, 2.45) is 0 Å². The summed E-state index contributed by atoms with van der Waals surface area (Å²) in [6, 6.07) is 8.12. The van der Waals surface area contributed by atoms with Crippen LogP contribution in [0.15, 0.2) is 18.2 Å². The number of hydrogen-bond acceptors (Lipinski definition) is 4. The maximum absolute atomic E-state index is 5.46. The summed E-state index contributed by atoms with van der Waals surface area (Å²) >= 11 is 0. The van der Waals surface area contributed by atoms with Crippen LogP contribution in [-0.2, 0) is 4.74 Å². The van der Waals surface area contributed by atoms with Crippen molar-refractivity contribution in [3.05, 3.63) is 23.8 Å². The lowest BCUT2D eigenvalue weighted by Gasteiger charge is -2.38. The first-order valence-corrected chi connectivity index (χ1v) is 9.07. The van der Waals surface area contributed by atoms with Crippen LogP contribution >= 0.6 is 0 Å². The molecule has 0 aliphatic carbocycles. The van der Waals surface area contributed by atoms with Gasteiger partial charge in [0.15, 0.2) is 0 Å². The van der Waals surface area contributed by atoms with Crippen LogP contribution in [0, 0.1) is 6.92 Å². The number of anilines is 2. The third kappa shape index (κ3) is 4.39. The predicted molar refractivity (Wildman–Crippen MR) is 97.6 cm³/mol. The molecular weight excluding hydrogens is 286 g/mol. The second kappa shape index (κ2) is 7.54. The molecule has 0 bridgehead atoms. The van der Waals surface area contributed by atoms with Gasteiger partial charge in [0.25, 0.3) is 0 Å². The van der Waals surface area contributed by atoms with Gasteiger partial charge in [-0.25, -0.2) is 0 Å². The molecule has 23 heavy (non-hydrogen) atoms. The van der Waals surface area contributed by atoms with Crippen LogP contribution in [0.5, 0.6) is 0 Å². The second-order valence-corrected chi connectivity index (χ2v) is 7.20. The Kier molecular flexibility index (Phi) is 5.44. The van der Waals surface area contributed by atoms with E-state index in [1.807, 2.05) is 0 Å². The van der Waals surface area contributed by atoms with E-state index in [9.17, 15) is 0 Å². The maximum Gasteiger partial charge on any atom is 0.0485 e. The van der Waals surface area contributed by atoms with E-state index in [1.165, 1.54) is 16.9 Å². The number of aryl methyl sites for hydroxylation is 1. The molecule has 2 aliphatic rings. The Morgan fingerprint density at radius 2 is 1.74 bits per heavy atom. The molecule has 0 saturated carbocycles. The van der Waals surface area contributed by atoms with Gasteiger partial charge in [0.1, 0.15) is 0 Å². The van der Waals surface area contributed by atoms with Gasteiger partial charge in [0, 0.05) is 62.9 Å². The van der Waals surface area contributed by atoms with Crippen molar-refractivity contribution in [2.75, 3.05) is 49.6 Å². The summed E-state index contributed by atoms with van der Waals surface area (Å²) in [6.07, 6.45) is 2.21. The van der Waals surface area contributed by atoms with Crippen molar-refractivity contribution in [2.45, 2.75) is 45.7 Å². The van der Waals surface area contributed by atoms with Crippen molar-refractivity contribution in [3.8, 4) is 0 Å². The first-order valence-electron chi connectivity index (χ1n) is 9.07. The van der Waals surface area contributed by atoms with E-state index < -0.39 is 0 Å². The van der Waals surface area contributed by atoms with Gasteiger partial charge >= 0.3 is 0 Å². The average Bonchev–Trinajstić information content (AvgIpc) is 2.55. The summed E-state index contributed by atoms with van der Waals surface area (Å²) in [5, 5.41) is 3.71. The Hall–Kier alpha value is -1.26. The molecule has 4 nitrogen and oxygen atoms in total. The fraction of sp³-hybridized carbons (Fsp3) is 0.684. The van der Waals surface area contributed by atoms with Gasteiger partial charge < -0.3 is 15.0 Å². The summed E-state index contributed by atoms with van der Waals surface area (Å²) < 4.78 is 5.46. The third-order valence-corrected chi connectivity index (χ3v) is 5.06. The summed E-state index contributed by atoms with van der Waals surface area (Å²) in [5.74, 6) is 0. The standard InChI is InChI=1S/C19H31N3O/c1-15(2)21-6-8-22(9-7-21)19-13-16(3)12-18(14-19)20-17-4-10-23-11-5-17/h12-15,17,20H,4-11H2,1-3H3. The molecular formula is C19H31N3O. The minimum absolute atomic E-state index is 0.552. The fourth-order valence-electron chi connectivity index (χ4n) is 3.60. The van der Waals surface area contributed by atoms with Crippen LogP contribution in [-0.4, -0.2) is 56.4 Å². The highest BCUT2D eigenvalue weighted by Gasteiger charge is 2.20. The predicted octanol–water partition coefficient (Wildman–Crippen LogP) is 3.12. The Morgan fingerprint density at radius 1 is 1.04 bits per heavy atom. The first kappa shape index (κ1) is 16.6. The largest absolute Gasteiger partial charge is 0.382 e. The molecule has 0 spiro atoms. The molecule has 1 aromatic rings. The Morgan fingerprint density at radius 3 is 2.39 bits per heavy atom. The molecule has 2 saturated heterocycles. The summed E-state index contributed by atoms with van der Waals surface area (Å²) in [6.45, 7) is 13.1. The fourth-order valence-corrected chi connectivity index (χ4v) is 3.60. The summed E-state index contributed by atoms with van der Waals surface area (Å²) in [7, 11) is 0. The maximum atomic E-state index is 5.46. The van der Waals surface area contributed by atoms with E-state index >= 15 is 0 Å². The monoisotopic (exact) mass is 317 g/mol. The van der Waals surface area contributed by atoms with E-state index in [-0.39, 0.29) is 0 Å². The highest BCUT2D eigenvalue weighted by atomic mass is 16.5. The molecule has 0 atom stereocenters. The highest BCUT2D eigenvalue weighted by Crippen LogP contribution is 2.25. The Bertz CT molecular complexity index is 503. The molecule has 0 unspecified atom stereocenters. The zero-order valence-electron chi connectivity index (χ0n) is 14.8.